The number of rotatable bonds is 5. The first-order valence-electron chi connectivity index (χ1n) is 10.4. The Morgan fingerprint density at radius 3 is 2.16 bits per heavy atom. The highest BCUT2D eigenvalue weighted by Gasteiger charge is 2.21. The molecule has 8 nitrogen and oxygen atoms in total. The lowest BCUT2D eigenvalue weighted by Crippen LogP contribution is -2.37. The maximum absolute atomic E-state index is 5.53. The number of anilines is 5. The van der Waals surface area contributed by atoms with Crippen molar-refractivity contribution in [3.63, 3.8) is 0 Å². The van der Waals surface area contributed by atoms with Crippen LogP contribution in [0.2, 0.25) is 0 Å². The van der Waals surface area contributed by atoms with Gasteiger partial charge in [-0.05, 0) is 37.1 Å². The molecule has 0 aliphatic carbocycles. The molecule has 1 saturated heterocycles. The highest BCUT2D eigenvalue weighted by atomic mass is 16.5. The average molecular weight is 416 g/mol. The highest BCUT2D eigenvalue weighted by molar-refractivity contribution is 5.87. The van der Waals surface area contributed by atoms with Crippen LogP contribution in [0.3, 0.4) is 0 Å². The summed E-state index contributed by atoms with van der Waals surface area (Å²) in [5.74, 6) is 1.98. The summed E-state index contributed by atoms with van der Waals surface area (Å²) in [6, 6.07) is 16.2. The van der Waals surface area contributed by atoms with E-state index in [0.29, 0.717) is 30.8 Å². The number of nitrogens with one attached hydrogen (secondary N) is 3. The van der Waals surface area contributed by atoms with Gasteiger partial charge in [0.05, 0.1) is 13.2 Å². The van der Waals surface area contributed by atoms with Gasteiger partial charge in [-0.2, -0.15) is 9.97 Å². The van der Waals surface area contributed by atoms with Gasteiger partial charge in [-0.15, -0.1) is 0 Å². The van der Waals surface area contributed by atoms with Crippen molar-refractivity contribution >= 4 is 40.3 Å². The highest BCUT2D eigenvalue weighted by Crippen LogP contribution is 2.29. The topological polar surface area (TPSA) is 91.0 Å². The normalized spacial score (nSPS) is 14.1. The van der Waals surface area contributed by atoms with Gasteiger partial charge < -0.3 is 25.3 Å². The number of fused-ring (bicyclic) bond motifs is 1. The van der Waals surface area contributed by atoms with Crippen LogP contribution in [0.4, 0.5) is 29.1 Å². The van der Waals surface area contributed by atoms with Crippen LogP contribution in [-0.2, 0) is 4.74 Å². The molecule has 0 spiro atoms. The maximum Gasteiger partial charge on any atom is 0.231 e. The van der Waals surface area contributed by atoms with E-state index in [4.69, 9.17) is 19.7 Å². The van der Waals surface area contributed by atoms with E-state index in [2.05, 4.69) is 46.5 Å². The standard InChI is InChI=1S/C23H25N7O/c1-15-7-3-5-9-17(15)24-22-26-19-20(27-22)28-23(25-18-10-6-4-8-16(18)2)29-21(19)30-11-13-31-14-12-30/h3-10H,11-14H2,1-2H3,(H3,24,25,26,27,28,29). The lowest BCUT2D eigenvalue weighted by molar-refractivity contribution is 0.122. The predicted molar refractivity (Wildman–Crippen MR) is 124 cm³/mol. The molecule has 0 bridgehead atoms. The molecule has 0 amide bonds. The largest absolute Gasteiger partial charge is 0.378 e. The summed E-state index contributed by atoms with van der Waals surface area (Å²) in [5, 5.41) is 6.74. The van der Waals surface area contributed by atoms with E-state index in [1.807, 2.05) is 36.4 Å². The van der Waals surface area contributed by atoms with Gasteiger partial charge in [0.2, 0.25) is 11.9 Å². The van der Waals surface area contributed by atoms with Gasteiger partial charge >= 0.3 is 0 Å². The van der Waals surface area contributed by atoms with Crippen molar-refractivity contribution in [3.8, 4) is 0 Å². The lowest BCUT2D eigenvalue weighted by atomic mass is 10.2. The average Bonchev–Trinajstić information content (AvgIpc) is 3.19. The van der Waals surface area contributed by atoms with Crippen molar-refractivity contribution in [3.05, 3.63) is 59.7 Å². The molecule has 2 aromatic carbocycles. The van der Waals surface area contributed by atoms with Gasteiger partial charge in [0.25, 0.3) is 0 Å². The van der Waals surface area contributed by atoms with E-state index >= 15 is 0 Å². The number of ether oxygens (including phenoxy) is 1. The minimum absolute atomic E-state index is 0.536. The number of nitrogens with zero attached hydrogens (tertiary/aromatic N) is 4. The fourth-order valence-electron chi connectivity index (χ4n) is 3.67. The van der Waals surface area contributed by atoms with Crippen molar-refractivity contribution in [2.45, 2.75) is 13.8 Å². The molecule has 3 N–H and O–H groups in total. The molecule has 3 heterocycles. The molecule has 158 valence electrons. The number of para-hydroxylation sites is 2. The Labute approximate surface area is 180 Å². The monoisotopic (exact) mass is 415 g/mol. The summed E-state index contributed by atoms with van der Waals surface area (Å²) >= 11 is 0. The Kier molecular flexibility index (Phi) is 5.13. The number of hydrogen-bond donors (Lipinski definition) is 3. The molecule has 0 saturated carbocycles. The van der Waals surface area contributed by atoms with Crippen molar-refractivity contribution < 1.29 is 4.74 Å². The van der Waals surface area contributed by atoms with Gasteiger partial charge in [0.15, 0.2) is 17.0 Å². The van der Waals surface area contributed by atoms with Crippen LogP contribution in [-0.4, -0.2) is 46.2 Å². The Morgan fingerprint density at radius 2 is 1.48 bits per heavy atom. The maximum atomic E-state index is 5.53. The number of hydrogen-bond acceptors (Lipinski definition) is 7. The number of benzene rings is 2. The van der Waals surface area contributed by atoms with E-state index in [9.17, 15) is 0 Å². The van der Waals surface area contributed by atoms with Gasteiger partial charge in [-0.1, -0.05) is 36.4 Å². The second-order valence-electron chi connectivity index (χ2n) is 7.63. The zero-order valence-electron chi connectivity index (χ0n) is 17.6. The zero-order valence-corrected chi connectivity index (χ0v) is 17.6. The molecule has 1 aliphatic heterocycles. The fourth-order valence-corrected chi connectivity index (χ4v) is 3.67. The molecule has 2 aromatic heterocycles. The zero-order chi connectivity index (χ0) is 21.2. The van der Waals surface area contributed by atoms with E-state index in [1.54, 1.807) is 0 Å². The minimum Gasteiger partial charge on any atom is -0.378 e. The van der Waals surface area contributed by atoms with E-state index < -0.39 is 0 Å². The molecule has 4 aromatic rings. The Hall–Kier alpha value is -3.65. The van der Waals surface area contributed by atoms with Gasteiger partial charge in [-0.3, -0.25) is 0 Å². The first-order chi connectivity index (χ1) is 15.2. The molecule has 1 fully saturated rings. The number of aryl methyl sites for hydroxylation is 2. The molecule has 0 atom stereocenters. The molecule has 31 heavy (non-hydrogen) atoms. The van der Waals surface area contributed by atoms with Crippen LogP contribution in [0.1, 0.15) is 11.1 Å². The molecule has 8 heteroatoms. The Bertz CT molecular complexity index is 1210. The van der Waals surface area contributed by atoms with E-state index in [-0.39, 0.29) is 0 Å². The number of imidazole rings is 1. The summed E-state index contributed by atoms with van der Waals surface area (Å²) in [4.78, 5) is 19.9. The van der Waals surface area contributed by atoms with Crippen molar-refractivity contribution in [2.24, 2.45) is 0 Å². The van der Waals surface area contributed by atoms with Crippen LogP contribution >= 0.6 is 0 Å². The van der Waals surface area contributed by atoms with Crippen molar-refractivity contribution in [2.75, 3.05) is 41.8 Å². The van der Waals surface area contributed by atoms with Crippen LogP contribution in [0, 0.1) is 13.8 Å². The van der Waals surface area contributed by atoms with Gasteiger partial charge in [-0.25, -0.2) is 4.98 Å². The first kappa shape index (κ1) is 19.3. The molecule has 5 rings (SSSR count). The predicted octanol–water partition coefficient (Wildman–Crippen LogP) is 4.29. The Balaban J connectivity index is 1.56. The van der Waals surface area contributed by atoms with Crippen LogP contribution in [0.15, 0.2) is 48.5 Å². The smallest absolute Gasteiger partial charge is 0.231 e. The third-order valence-corrected chi connectivity index (χ3v) is 5.43. The molecule has 1 aliphatic rings. The summed E-state index contributed by atoms with van der Waals surface area (Å²) < 4.78 is 5.53. The van der Waals surface area contributed by atoms with Crippen LogP contribution in [0.25, 0.3) is 11.2 Å². The summed E-state index contributed by atoms with van der Waals surface area (Å²) in [6.07, 6.45) is 0. The second-order valence-corrected chi connectivity index (χ2v) is 7.63. The molecular formula is C23H25N7O. The van der Waals surface area contributed by atoms with Crippen LogP contribution in [0.5, 0.6) is 0 Å². The summed E-state index contributed by atoms with van der Waals surface area (Å²) in [7, 11) is 0. The van der Waals surface area contributed by atoms with E-state index in [0.717, 1.165) is 46.9 Å². The van der Waals surface area contributed by atoms with Crippen molar-refractivity contribution in [1.29, 1.82) is 0 Å². The summed E-state index contributed by atoms with van der Waals surface area (Å²) in [5.41, 5.74) is 5.68. The third-order valence-electron chi connectivity index (χ3n) is 5.43. The number of aromatic amines is 1. The van der Waals surface area contributed by atoms with Crippen LogP contribution < -0.4 is 15.5 Å². The fraction of sp³-hybridized carbons (Fsp3) is 0.261. The summed E-state index contributed by atoms with van der Waals surface area (Å²) in [6.45, 7) is 7.00. The first-order valence-corrected chi connectivity index (χ1v) is 10.4. The molecule has 0 radical (unpaired) electrons. The Morgan fingerprint density at radius 1 is 0.839 bits per heavy atom. The van der Waals surface area contributed by atoms with E-state index in [1.165, 1.54) is 0 Å². The molecular weight excluding hydrogens is 390 g/mol. The minimum atomic E-state index is 0.536. The molecule has 0 unspecified atom stereocenters. The quantitative estimate of drug-likeness (QED) is 0.448. The lowest BCUT2D eigenvalue weighted by Gasteiger charge is -2.28. The second kappa shape index (κ2) is 8.23. The SMILES string of the molecule is Cc1ccccc1Nc1nc(N2CCOCC2)c2nc(Nc3ccccc3C)[nH]c2n1. The van der Waals surface area contributed by atoms with Gasteiger partial charge in [0.1, 0.15) is 0 Å². The number of aromatic nitrogens is 4. The number of morpholine rings is 1. The van der Waals surface area contributed by atoms with Crippen molar-refractivity contribution in [1.82, 2.24) is 19.9 Å². The number of H-pyrrole nitrogens is 1. The third kappa shape index (κ3) is 4.02. The van der Waals surface area contributed by atoms with Gasteiger partial charge in [0, 0.05) is 24.5 Å².